The molecule has 2 aromatic rings. The summed E-state index contributed by atoms with van der Waals surface area (Å²) >= 11 is 6.51. The molecule has 2 aliphatic heterocycles. The molecule has 2 aliphatic rings. The summed E-state index contributed by atoms with van der Waals surface area (Å²) in [6.07, 6.45) is 5.69. The van der Waals surface area contributed by atoms with Crippen molar-refractivity contribution < 1.29 is 9.59 Å². The van der Waals surface area contributed by atoms with E-state index in [9.17, 15) is 9.59 Å². The van der Waals surface area contributed by atoms with Crippen LogP contribution in [0.15, 0.2) is 18.2 Å². The van der Waals surface area contributed by atoms with Gasteiger partial charge in [-0.05, 0) is 43.9 Å². The van der Waals surface area contributed by atoms with E-state index in [1.807, 2.05) is 37.8 Å². The number of amides is 2. The minimum absolute atomic E-state index is 0.0128. The lowest BCUT2D eigenvalue weighted by Crippen LogP contribution is -2.45. The van der Waals surface area contributed by atoms with Crippen LogP contribution in [0.3, 0.4) is 0 Å². The topological polar surface area (TPSA) is 80.1 Å². The van der Waals surface area contributed by atoms with Gasteiger partial charge in [-0.15, -0.1) is 10.2 Å². The lowest BCUT2D eigenvalue weighted by molar-refractivity contribution is -0.142. The maximum Gasteiger partial charge on any atom is 0.227 e. The van der Waals surface area contributed by atoms with Crippen molar-refractivity contribution in [3.05, 3.63) is 29.0 Å². The molecule has 1 aromatic carbocycles. The predicted molar refractivity (Wildman–Crippen MR) is 125 cm³/mol. The first-order chi connectivity index (χ1) is 15.2. The number of anilines is 1. The molecule has 4 rings (SSSR count). The first kappa shape index (κ1) is 22.8. The van der Waals surface area contributed by atoms with E-state index in [2.05, 4.69) is 20.1 Å². The molecule has 0 bridgehead atoms. The second-order valence-corrected chi connectivity index (χ2v) is 10.3. The molecule has 8 heteroatoms. The number of rotatable bonds is 3. The summed E-state index contributed by atoms with van der Waals surface area (Å²) in [6, 6.07) is 5.51. The van der Waals surface area contributed by atoms with Crippen molar-refractivity contribution in [3.63, 3.8) is 0 Å². The second kappa shape index (κ2) is 9.22. The van der Waals surface area contributed by atoms with E-state index >= 15 is 0 Å². The van der Waals surface area contributed by atoms with Gasteiger partial charge in [0.15, 0.2) is 5.82 Å². The van der Waals surface area contributed by atoms with E-state index in [0.29, 0.717) is 36.6 Å². The highest BCUT2D eigenvalue weighted by atomic mass is 35.5. The number of carbonyl (C=O) groups is 2. The summed E-state index contributed by atoms with van der Waals surface area (Å²) < 4.78 is 2.15. The molecule has 0 unspecified atom stereocenters. The van der Waals surface area contributed by atoms with Crippen molar-refractivity contribution in [2.75, 3.05) is 18.4 Å². The normalized spacial score (nSPS) is 17.6. The number of aromatic nitrogens is 3. The van der Waals surface area contributed by atoms with Crippen LogP contribution in [-0.2, 0) is 22.6 Å². The number of benzene rings is 1. The Morgan fingerprint density at radius 1 is 1.06 bits per heavy atom. The zero-order valence-corrected chi connectivity index (χ0v) is 19.9. The summed E-state index contributed by atoms with van der Waals surface area (Å²) in [5, 5.41) is 12.4. The van der Waals surface area contributed by atoms with E-state index < -0.39 is 5.41 Å². The maximum atomic E-state index is 12.9. The van der Waals surface area contributed by atoms with Crippen LogP contribution < -0.4 is 5.32 Å². The van der Waals surface area contributed by atoms with E-state index in [1.165, 1.54) is 6.42 Å². The summed E-state index contributed by atoms with van der Waals surface area (Å²) in [4.78, 5) is 27.3. The number of carbonyl (C=O) groups excluding carboxylic acids is 2. The zero-order chi connectivity index (χ0) is 22.9. The smallest absolute Gasteiger partial charge is 0.227 e. The third-order valence-electron chi connectivity index (χ3n) is 6.38. The fourth-order valence-corrected chi connectivity index (χ4v) is 4.72. The number of hydrogen-bond donors (Lipinski definition) is 1. The van der Waals surface area contributed by atoms with Gasteiger partial charge < -0.3 is 14.8 Å². The highest BCUT2D eigenvalue weighted by Gasteiger charge is 2.32. The molecule has 0 aliphatic carbocycles. The van der Waals surface area contributed by atoms with Crippen LogP contribution in [0.4, 0.5) is 5.69 Å². The Kier molecular flexibility index (Phi) is 6.56. The third-order valence-corrected chi connectivity index (χ3v) is 6.71. The van der Waals surface area contributed by atoms with Gasteiger partial charge in [-0.2, -0.15) is 0 Å². The number of piperidine rings is 1. The molecule has 1 N–H and O–H groups in total. The average Bonchev–Trinajstić information content (AvgIpc) is 3.01. The number of aryl methyl sites for hydroxylation is 1. The quantitative estimate of drug-likeness (QED) is 0.733. The van der Waals surface area contributed by atoms with Gasteiger partial charge in [0.25, 0.3) is 0 Å². The van der Waals surface area contributed by atoms with Crippen LogP contribution in [0.5, 0.6) is 0 Å². The Labute approximate surface area is 194 Å². The van der Waals surface area contributed by atoms with Crippen molar-refractivity contribution in [2.24, 2.45) is 11.3 Å². The maximum absolute atomic E-state index is 12.9. The molecule has 0 saturated carbocycles. The summed E-state index contributed by atoms with van der Waals surface area (Å²) in [6.45, 7) is 7.91. The molecule has 172 valence electrons. The molecule has 0 atom stereocenters. The first-order valence-electron chi connectivity index (χ1n) is 11.6. The van der Waals surface area contributed by atoms with Gasteiger partial charge in [-0.25, -0.2) is 0 Å². The molecule has 1 aromatic heterocycles. The number of nitrogens with one attached hydrogen (secondary N) is 1. The van der Waals surface area contributed by atoms with Crippen molar-refractivity contribution >= 4 is 29.1 Å². The van der Waals surface area contributed by atoms with Gasteiger partial charge in [0.05, 0.1) is 5.02 Å². The Balaban J connectivity index is 1.44. The van der Waals surface area contributed by atoms with Crippen LogP contribution in [0.25, 0.3) is 11.4 Å². The largest absolute Gasteiger partial charge is 0.342 e. The third kappa shape index (κ3) is 4.82. The second-order valence-electron chi connectivity index (χ2n) is 9.90. The van der Waals surface area contributed by atoms with Crippen molar-refractivity contribution in [1.82, 2.24) is 19.7 Å². The molecule has 3 heterocycles. The average molecular weight is 458 g/mol. The minimum atomic E-state index is -0.394. The van der Waals surface area contributed by atoms with Crippen LogP contribution in [0, 0.1) is 11.3 Å². The van der Waals surface area contributed by atoms with Crippen molar-refractivity contribution in [1.29, 1.82) is 0 Å². The number of halogens is 1. The SMILES string of the molecule is CC(C)(C)C(=O)N1CCC(C(=O)Nc2ccc(Cl)c(-c3nnc4n3CCCCC4)c2)CC1. The van der Waals surface area contributed by atoms with Gasteiger partial charge in [0, 0.05) is 48.6 Å². The Hall–Kier alpha value is -2.41. The van der Waals surface area contributed by atoms with Gasteiger partial charge in [-0.1, -0.05) is 38.8 Å². The van der Waals surface area contributed by atoms with E-state index in [0.717, 1.165) is 43.0 Å². The first-order valence-corrected chi connectivity index (χ1v) is 11.9. The fraction of sp³-hybridized carbons (Fsp3) is 0.583. The van der Waals surface area contributed by atoms with Crippen molar-refractivity contribution in [3.8, 4) is 11.4 Å². The molecular weight excluding hydrogens is 426 g/mol. The molecule has 1 saturated heterocycles. The fourth-order valence-electron chi connectivity index (χ4n) is 4.52. The molecular formula is C24H32ClN5O2. The zero-order valence-electron chi connectivity index (χ0n) is 19.2. The van der Waals surface area contributed by atoms with E-state index in [1.54, 1.807) is 6.07 Å². The van der Waals surface area contributed by atoms with Gasteiger partial charge in [0.2, 0.25) is 11.8 Å². The lowest BCUT2D eigenvalue weighted by atomic mass is 9.90. The summed E-state index contributed by atoms with van der Waals surface area (Å²) in [5.74, 6) is 1.78. The number of likely N-dealkylation sites (tertiary alicyclic amines) is 1. The van der Waals surface area contributed by atoms with Crippen LogP contribution >= 0.6 is 11.6 Å². The molecule has 1 fully saturated rings. The molecule has 7 nitrogen and oxygen atoms in total. The molecule has 32 heavy (non-hydrogen) atoms. The molecule has 0 radical (unpaired) electrons. The molecule has 2 amide bonds. The van der Waals surface area contributed by atoms with Gasteiger partial charge in [0.1, 0.15) is 5.82 Å². The number of nitrogens with zero attached hydrogens (tertiary/aromatic N) is 4. The monoisotopic (exact) mass is 457 g/mol. The summed E-state index contributed by atoms with van der Waals surface area (Å²) in [5.41, 5.74) is 1.10. The standard InChI is InChI=1S/C24H32ClN5O2/c1-24(2,3)23(32)29-13-10-16(11-14-29)22(31)26-17-8-9-19(25)18(15-17)21-28-27-20-7-5-4-6-12-30(20)21/h8-9,15-16H,4-7,10-14H2,1-3H3,(H,26,31). The van der Waals surface area contributed by atoms with E-state index in [4.69, 9.17) is 11.6 Å². The highest BCUT2D eigenvalue weighted by molar-refractivity contribution is 6.33. The Morgan fingerprint density at radius 2 is 1.81 bits per heavy atom. The minimum Gasteiger partial charge on any atom is -0.342 e. The lowest BCUT2D eigenvalue weighted by Gasteiger charge is -2.35. The van der Waals surface area contributed by atoms with Crippen molar-refractivity contribution in [2.45, 2.75) is 65.8 Å². The van der Waals surface area contributed by atoms with Gasteiger partial charge in [-0.3, -0.25) is 9.59 Å². The van der Waals surface area contributed by atoms with Crippen LogP contribution in [-0.4, -0.2) is 44.6 Å². The number of fused-ring (bicyclic) bond motifs is 1. The highest BCUT2D eigenvalue weighted by Crippen LogP contribution is 2.32. The Morgan fingerprint density at radius 3 is 2.53 bits per heavy atom. The Bertz CT molecular complexity index is 1000. The van der Waals surface area contributed by atoms with E-state index in [-0.39, 0.29) is 17.7 Å². The summed E-state index contributed by atoms with van der Waals surface area (Å²) in [7, 11) is 0. The van der Waals surface area contributed by atoms with Crippen LogP contribution in [0.1, 0.15) is 58.7 Å². The molecule has 0 spiro atoms. The van der Waals surface area contributed by atoms with Crippen LogP contribution in [0.2, 0.25) is 5.02 Å². The van der Waals surface area contributed by atoms with Gasteiger partial charge >= 0.3 is 0 Å². The number of hydrogen-bond acceptors (Lipinski definition) is 4. The predicted octanol–water partition coefficient (Wildman–Crippen LogP) is 4.55.